The van der Waals surface area contributed by atoms with Gasteiger partial charge < -0.3 is 10.2 Å². The van der Waals surface area contributed by atoms with E-state index < -0.39 is 16.4 Å². The zero-order valence-corrected chi connectivity index (χ0v) is 16.9. The maximum absolute atomic E-state index is 13.3. The molecular formula is C23H23N3O4. The molecule has 1 saturated heterocycles. The molecule has 1 heterocycles. The lowest BCUT2D eigenvalue weighted by molar-refractivity contribution is -0.385. The van der Waals surface area contributed by atoms with Crippen molar-refractivity contribution in [1.82, 2.24) is 10.2 Å². The number of likely N-dealkylation sites (N-methyl/N-ethyl adjacent to an activating group) is 1. The highest BCUT2D eigenvalue weighted by atomic mass is 16.6. The number of carbonyl (C=O) groups excluding carboxylic acids is 2. The van der Waals surface area contributed by atoms with Gasteiger partial charge in [-0.25, -0.2) is 0 Å². The molecule has 154 valence electrons. The van der Waals surface area contributed by atoms with Crippen molar-refractivity contribution >= 4 is 29.7 Å². The molecule has 1 fully saturated rings. The molecule has 1 N–H and O–H groups in total. The second-order valence-electron chi connectivity index (χ2n) is 7.19. The van der Waals surface area contributed by atoms with Crippen LogP contribution < -0.4 is 5.32 Å². The van der Waals surface area contributed by atoms with E-state index in [2.05, 4.69) is 11.9 Å². The van der Waals surface area contributed by atoms with Gasteiger partial charge in [0.15, 0.2) is 0 Å². The van der Waals surface area contributed by atoms with Gasteiger partial charge in [-0.1, -0.05) is 62.0 Å². The molecule has 7 heteroatoms. The summed E-state index contributed by atoms with van der Waals surface area (Å²) < 4.78 is 0. The first-order chi connectivity index (χ1) is 14.3. The van der Waals surface area contributed by atoms with E-state index in [1.807, 2.05) is 37.3 Å². The molecule has 3 rings (SSSR count). The Morgan fingerprint density at radius 2 is 1.87 bits per heavy atom. The standard InChI is InChI=1S/C23H23N3O4/c1-4-17-12-9-13-19(26(29)30)18(17)14-20-21(27)24-23(5-2,22(28)25(20)3)15-16-10-7-6-8-11-16/h4,6-14H,1,5,15H2,2-3H3,(H,24,27)/b20-14+. The first-order valence-corrected chi connectivity index (χ1v) is 9.59. The third-order valence-corrected chi connectivity index (χ3v) is 5.43. The smallest absolute Gasteiger partial charge is 0.277 e. The number of piperazine rings is 1. The van der Waals surface area contributed by atoms with Crippen LogP contribution in [0.15, 0.2) is 60.8 Å². The summed E-state index contributed by atoms with van der Waals surface area (Å²) >= 11 is 0. The van der Waals surface area contributed by atoms with Gasteiger partial charge in [0.25, 0.3) is 17.5 Å². The largest absolute Gasteiger partial charge is 0.336 e. The third-order valence-electron chi connectivity index (χ3n) is 5.43. The number of nitro groups is 1. The summed E-state index contributed by atoms with van der Waals surface area (Å²) in [6, 6.07) is 14.0. The van der Waals surface area contributed by atoms with E-state index >= 15 is 0 Å². The van der Waals surface area contributed by atoms with E-state index in [1.54, 1.807) is 12.1 Å². The lowest BCUT2D eigenvalue weighted by Crippen LogP contribution is -2.65. The van der Waals surface area contributed by atoms with Gasteiger partial charge in [0.1, 0.15) is 11.2 Å². The van der Waals surface area contributed by atoms with E-state index in [1.165, 1.54) is 30.2 Å². The van der Waals surface area contributed by atoms with Crippen LogP contribution in [0, 0.1) is 10.1 Å². The molecule has 30 heavy (non-hydrogen) atoms. The number of nitrogens with one attached hydrogen (secondary N) is 1. The first-order valence-electron chi connectivity index (χ1n) is 9.59. The predicted molar refractivity (Wildman–Crippen MR) is 115 cm³/mol. The van der Waals surface area contributed by atoms with Crippen molar-refractivity contribution in [2.24, 2.45) is 0 Å². The molecule has 0 aliphatic carbocycles. The SMILES string of the molecule is C=Cc1cccc([N+](=O)[O-])c1/C=C1\C(=O)NC(CC)(Cc2ccccc2)C(=O)N1C. The molecule has 1 aliphatic rings. The number of nitro benzene ring substituents is 1. The second kappa shape index (κ2) is 8.32. The van der Waals surface area contributed by atoms with Crippen LogP contribution >= 0.6 is 0 Å². The molecule has 7 nitrogen and oxygen atoms in total. The average Bonchev–Trinajstić information content (AvgIpc) is 2.75. The van der Waals surface area contributed by atoms with Crippen LogP contribution in [0.1, 0.15) is 30.0 Å². The van der Waals surface area contributed by atoms with Crippen LogP contribution in [-0.2, 0) is 16.0 Å². The minimum absolute atomic E-state index is 0.0505. The van der Waals surface area contributed by atoms with Gasteiger partial charge in [0, 0.05) is 19.5 Å². The van der Waals surface area contributed by atoms with Gasteiger partial charge in [-0.15, -0.1) is 0 Å². The van der Waals surface area contributed by atoms with Gasteiger partial charge in [-0.2, -0.15) is 0 Å². The summed E-state index contributed by atoms with van der Waals surface area (Å²) in [5.41, 5.74) is 0.478. The average molecular weight is 405 g/mol. The molecule has 0 radical (unpaired) electrons. The molecule has 0 saturated carbocycles. The highest BCUT2D eigenvalue weighted by molar-refractivity contribution is 6.09. The Balaban J connectivity index is 2.04. The fourth-order valence-corrected chi connectivity index (χ4v) is 3.71. The Labute approximate surface area is 174 Å². The number of benzene rings is 2. The number of rotatable bonds is 6. The number of hydrogen-bond donors (Lipinski definition) is 1. The molecule has 1 aliphatic heterocycles. The predicted octanol–water partition coefficient (Wildman–Crippen LogP) is 3.56. The van der Waals surface area contributed by atoms with Crippen LogP contribution in [-0.4, -0.2) is 34.2 Å². The summed E-state index contributed by atoms with van der Waals surface area (Å²) in [5, 5.41) is 14.3. The zero-order chi connectivity index (χ0) is 21.9. The number of hydrogen-bond acceptors (Lipinski definition) is 4. The lowest BCUT2D eigenvalue weighted by atomic mass is 9.84. The van der Waals surface area contributed by atoms with Crippen molar-refractivity contribution < 1.29 is 14.5 Å². The van der Waals surface area contributed by atoms with E-state index in [9.17, 15) is 19.7 Å². The third kappa shape index (κ3) is 3.74. The van der Waals surface area contributed by atoms with Crippen molar-refractivity contribution in [3.05, 3.63) is 87.6 Å². The maximum atomic E-state index is 13.3. The normalized spacial score (nSPS) is 20.2. The van der Waals surface area contributed by atoms with Crippen LogP contribution in [0.4, 0.5) is 5.69 Å². The molecule has 0 bridgehead atoms. The Morgan fingerprint density at radius 3 is 2.47 bits per heavy atom. The number of carbonyl (C=O) groups is 2. The van der Waals surface area contributed by atoms with Gasteiger partial charge in [-0.3, -0.25) is 19.7 Å². The summed E-state index contributed by atoms with van der Waals surface area (Å²) in [4.78, 5) is 38.6. The fourth-order valence-electron chi connectivity index (χ4n) is 3.71. The monoisotopic (exact) mass is 405 g/mol. The molecule has 1 atom stereocenters. The molecule has 0 spiro atoms. The van der Waals surface area contributed by atoms with Crippen molar-refractivity contribution in [2.45, 2.75) is 25.3 Å². The molecule has 2 amide bonds. The van der Waals surface area contributed by atoms with Crippen LogP contribution in [0.3, 0.4) is 0 Å². The van der Waals surface area contributed by atoms with E-state index in [0.717, 1.165) is 5.56 Å². The second-order valence-corrected chi connectivity index (χ2v) is 7.19. The molecule has 1 unspecified atom stereocenters. The van der Waals surface area contributed by atoms with Crippen LogP contribution in [0.5, 0.6) is 0 Å². The van der Waals surface area contributed by atoms with Gasteiger partial charge in [0.05, 0.1) is 10.5 Å². The van der Waals surface area contributed by atoms with Crippen molar-refractivity contribution in [1.29, 1.82) is 0 Å². The topological polar surface area (TPSA) is 92.5 Å². The van der Waals surface area contributed by atoms with Crippen molar-refractivity contribution in [2.75, 3.05) is 7.05 Å². The summed E-state index contributed by atoms with van der Waals surface area (Å²) in [6.45, 7) is 5.54. The number of nitrogens with zero attached hydrogens (tertiary/aromatic N) is 2. The van der Waals surface area contributed by atoms with Crippen LogP contribution in [0.2, 0.25) is 0 Å². The van der Waals surface area contributed by atoms with Crippen molar-refractivity contribution in [3.63, 3.8) is 0 Å². The van der Waals surface area contributed by atoms with Gasteiger partial charge >= 0.3 is 0 Å². The molecule has 2 aromatic carbocycles. The first kappa shape index (κ1) is 21.0. The van der Waals surface area contributed by atoms with E-state index in [0.29, 0.717) is 18.4 Å². The fraction of sp³-hybridized carbons (Fsp3) is 0.217. The van der Waals surface area contributed by atoms with Gasteiger partial charge in [-0.05, 0) is 23.6 Å². The molecular weight excluding hydrogens is 382 g/mol. The highest BCUT2D eigenvalue weighted by Gasteiger charge is 2.46. The van der Waals surface area contributed by atoms with E-state index in [4.69, 9.17) is 0 Å². The van der Waals surface area contributed by atoms with Crippen molar-refractivity contribution in [3.8, 4) is 0 Å². The zero-order valence-electron chi connectivity index (χ0n) is 16.9. The number of amides is 2. The molecule has 0 aromatic heterocycles. The summed E-state index contributed by atoms with van der Waals surface area (Å²) in [5.74, 6) is -0.721. The maximum Gasteiger partial charge on any atom is 0.277 e. The summed E-state index contributed by atoms with van der Waals surface area (Å²) in [6.07, 6.45) is 3.63. The Kier molecular flexibility index (Phi) is 5.82. The minimum Gasteiger partial charge on any atom is -0.336 e. The Morgan fingerprint density at radius 1 is 1.17 bits per heavy atom. The Hall–Kier alpha value is -3.74. The van der Waals surface area contributed by atoms with Gasteiger partial charge in [0.2, 0.25) is 0 Å². The molecule has 2 aromatic rings. The summed E-state index contributed by atoms with van der Waals surface area (Å²) in [7, 11) is 1.52. The Bertz CT molecular complexity index is 1050. The highest BCUT2D eigenvalue weighted by Crippen LogP contribution is 2.31. The lowest BCUT2D eigenvalue weighted by Gasteiger charge is -2.41. The van der Waals surface area contributed by atoms with E-state index in [-0.39, 0.29) is 22.9 Å². The minimum atomic E-state index is -1.07. The van der Waals surface area contributed by atoms with Crippen LogP contribution in [0.25, 0.3) is 12.2 Å². The quantitative estimate of drug-likeness (QED) is 0.452.